The number of rotatable bonds is 6. The molecule has 3 unspecified atom stereocenters. The molecule has 1 fully saturated rings. The first-order valence-corrected chi connectivity index (χ1v) is 4.87. The van der Waals surface area contributed by atoms with Crippen LogP contribution >= 0.6 is 0 Å². The minimum absolute atomic E-state index is 0.00295. The lowest BCUT2D eigenvalue weighted by molar-refractivity contribution is -0.138. The first kappa shape index (κ1) is 11.9. The SMILES string of the molecule is NC(CF)=NCC1CC1CC(N)C(=O)O. The number of carboxylic acids is 1. The quantitative estimate of drug-likeness (QED) is 0.421. The average Bonchev–Trinajstić information content (AvgIpc) is 2.92. The van der Waals surface area contributed by atoms with Crippen molar-refractivity contribution in [2.24, 2.45) is 28.3 Å². The van der Waals surface area contributed by atoms with Crippen molar-refractivity contribution in [1.29, 1.82) is 0 Å². The number of aliphatic imine (C=N–C) groups is 1. The number of nitrogens with two attached hydrogens (primary N) is 2. The first-order chi connectivity index (χ1) is 7.04. The Kier molecular flexibility index (Phi) is 4.02. The normalized spacial score (nSPS) is 27.5. The van der Waals surface area contributed by atoms with Crippen molar-refractivity contribution in [2.75, 3.05) is 13.2 Å². The molecular weight excluding hydrogens is 201 g/mol. The van der Waals surface area contributed by atoms with Gasteiger partial charge in [0.05, 0.1) is 0 Å². The van der Waals surface area contributed by atoms with Crippen molar-refractivity contribution in [3.63, 3.8) is 0 Å². The van der Waals surface area contributed by atoms with Gasteiger partial charge in [-0.05, 0) is 24.7 Å². The van der Waals surface area contributed by atoms with Crippen LogP contribution in [0.3, 0.4) is 0 Å². The Hall–Kier alpha value is -1.17. The van der Waals surface area contributed by atoms with Crippen molar-refractivity contribution in [3.8, 4) is 0 Å². The number of nitrogens with zero attached hydrogens (tertiary/aromatic N) is 1. The average molecular weight is 217 g/mol. The van der Waals surface area contributed by atoms with E-state index in [-0.39, 0.29) is 5.84 Å². The van der Waals surface area contributed by atoms with Gasteiger partial charge < -0.3 is 16.6 Å². The summed E-state index contributed by atoms with van der Waals surface area (Å²) in [5.41, 5.74) is 10.6. The van der Waals surface area contributed by atoms with Crippen LogP contribution in [0.5, 0.6) is 0 Å². The summed E-state index contributed by atoms with van der Waals surface area (Å²) in [6, 6.07) is -0.803. The third-order valence-electron chi connectivity index (χ3n) is 2.61. The third kappa shape index (κ3) is 3.83. The van der Waals surface area contributed by atoms with E-state index in [2.05, 4.69) is 4.99 Å². The van der Waals surface area contributed by atoms with E-state index in [4.69, 9.17) is 16.6 Å². The van der Waals surface area contributed by atoms with E-state index in [0.717, 1.165) is 6.42 Å². The molecule has 0 aliphatic heterocycles. The highest BCUT2D eigenvalue weighted by molar-refractivity contribution is 5.81. The molecule has 1 rings (SSSR count). The van der Waals surface area contributed by atoms with Crippen molar-refractivity contribution in [1.82, 2.24) is 0 Å². The van der Waals surface area contributed by atoms with Crippen molar-refractivity contribution in [2.45, 2.75) is 18.9 Å². The fourth-order valence-corrected chi connectivity index (χ4v) is 1.53. The zero-order valence-electron chi connectivity index (χ0n) is 8.40. The number of halogens is 1. The molecule has 0 aromatic carbocycles. The van der Waals surface area contributed by atoms with Crippen molar-refractivity contribution < 1.29 is 14.3 Å². The molecule has 0 aromatic heterocycles. The van der Waals surface area contributed by atoms with E-state index in [1.807, 2.05) is 0 Å². The second-order valence-corrected chi connectivity index (χ2v) is 3.90. The molecule has 1 aliphatic rings. The number of carbonyl (C=O) groups is 1. The highest BCUT2D eigenvalue weighted by Gasteiger charge is 2.38. The maximum absolute atomic E-state index is 11.9. The fourth-order valence-electron chi connectivity index (χ4n) is 1.53. The van der Waals surface area contributed by atoms with Gasteiger partial charge in [-0.2, -0.15) is 0 Å². The van der Waals surface area contributed by atoms with Crippen LogP contribution in [0.25, 0.3) is 0 Å². The molecule has 3 atom stereocenters. The van der Waals surface area contributed by atoms with Crippen molar-refractivity contribution in [3.05, 3.63) is 0 Å². The van der Waals surface area contributed by atoms with Crippen LogP contribution in [-0.2, 0) is 4.79 Å². The smallest absolute Gasteiger partial charge is 0.320 e. The number of alkyl halides is 1. The van der Waals surface area contributed by atoms with Gasteiger partial charge in [-0.1, -0.05) is 0 Å². The fraction of sp³-hybridized carbons (Fsp3) is 0.778. The number of hydrogen-bond acceptors (Lipinski definition) is 3. The predicted octanol–water partition coefficient (Wildman–Crippen LogP) is -0.249. The molecule has 6 heteroatoms. The largest absolute Gasteiger partial charge is 0.480 e. The minimum atomic E-state index is -0.979. The molecule has 5 nitrogen and oxygen atoms in total. The molecule has 0 spiro atoms. The Balaban J connectivity index is 2.21. The van der Waals surface area contributed by atoms with Crippen molar-refractivity contribution >= 4 is 11.8 Å². The number of amidine groups is 1. The number of carboxylic acid groups (broad SMARTS) is 1. The molecule has 0 heterocycles. The number of hydrogen-bond donors (Lipinski definition) is 3. The highest BCUT2D eigenvalue weighted by Crippen LogP contribution is 2.41. The Morgan fingerprint density at radius 3 is 2.80 bits per heavy atom. The van der Waals surface area contributed by atoms with E-state index in [9.17, 15) is 9.18 Å². The molecule has 0 aromatic rings. The summed E-state index contributed by atoms with van der Waals surface area (Å²) in [5, 5.41) is 8.58. The summed E-state index contributed by atoms with van der Waals surface area (Å²) in [4.78, 5) is 14.3. The Labute approximate surface area is 87.3 Å². The van der Waals surface area contributed by atoms with Crippen LogP contribution in [0.2, 0.25) is 0 Å². The van der Waals surface area contributed by atoms with E-state index < -0.39 is 18.7 Å². The van der Waals surface area contributed by atoms with Gasteiger partial charge in [-0.3, -0.25) is 9.79 Å². The Morgan fingerprint density at radius 1 is 1.60 bits per heavy atom. The molecule has 86 valence electrons. The van der Waals surface area contributed by atoms with E-state index in [0.29, 0.717) is 24.8 Å². The van der Waals surface area contributed by atoms with Crippen LogP contribution in [-0.4, -0.2) is 36.2 Å². The van der Waals surface area contributed by atoms with Crippen LogP contribution in [0.15, 0.2) is 4.99 Å². The van der Waals surface area contributed by atoms with Crippen LogP contribution in [0.4, 0.5) is 4.39 Å². The molecule has 0 radical (unpaired) electrons. The minimum Gasteiger partial charge on any atom is -0.480 e. The van der Waals surface area contributed by atoms with E-state index in [1.54, 1.807) is 0 Å². The summed E-state index contributed by atoms with van der Waals surface area (Å²) >= 11 is 0. The maximum Gasteiger partial charge on any atom is 0.320 e. The molecule has 0 saturated heterocycles. The van der Waals surface area contributed by atoms with Gasteiger partial charge >= 0.3 is 5.97 Å². The zero-order chi connectivity index (χ0) is 11.4. The van der Waals surface area contributed by atoms with Gasteiger partial charge in [0.2, 0.25) is 0 Å². The van der Waals surface area contributed by atoms with Gasteiger partial charge in [0, 0.05) is 6.54 Å². The first-order valence-electron chi connectivity index (χ1n) is 4.87. The van der Waals surface area contributed by atoms with E-state index in [1.165, 1.54) is 0 Å². The second-order valence-electron chi connectivity index (χ2n) is 3.90. The van der Waals surface area contributed by atoms with Crippen LogP contribution < -0.4 is 11.5 Å². The van der Waals surface area contributed by atoms with Gasteiger partial charge in [-0.15, -0.1) is 0 Å². The summed E-state index contributed by atoms with van der Waals surface area (Å²) in [5.74, 6) is -0.358. The zero-order valence-corrected chi connectivity index (χ0v) is 8.40. The van der Waals surface area contributed by atoms with Crippen LogP contribution in [0, 0.1) is 11.8 Å². The standard InChI is InChI=1S/C9H16FN3O2/c10-3-8(12)13-4-6-1-5(6)2-7(11)9(14)15/h5-7H,1-4,11H2,(H2,12,13)(H,14,15). The predicted molar refractivity (Wildman–Crippen MR) is 54.3 cm³/mol. The lowest BCUT2D eigenvalue weighted by atomic mass is 10.1. The summed E-state index contributed by atoms with van der Waals surface area (Å²) in [6.07, 6.45) is 1.37. The molecular formula is C9H16FN3O2. The van der Waals surface area contributed by atoms with Gasteiger partial charge in [-0.25, -0.2) is 4.39 Å². The lowest BCUT2D eigenvalue weighted by Crippen LogP contribution is -2.30. The lowest BCUT2D eigenvalue weighted by Gasteiger charge is -2.04. The Morgan fingerprint density at radius 2 is 2.27 bits per heavy atom. The van der Waals surface area contributed by atoms with Gasteiger partial charge in [0.15, 0.2) is 0 Å². The molecule has 0 bridgehead atoms. The van der Waals surface area contributed by atoms with E-state index >= 15 is 0 Å². The third-order valence-corrected chi connectivity index (χ3v) is 2.61. The summed E-state index contributed by atoms with van der Waals surface area (Å²) in [7, 11) is 0. The summed E-state index contributed by atoms with van der Waals surface area (Å²) < 4.78 is 11.9. The molecule has 1 aliphatic carbocycles. The second kappa shape index (κ2) is 5.06. The number of aliphatic carboxylic acids is 1. The summed E-state index contributed by atoms with van der Waals surface area (Å²) in [6.45, 7) is -0.251. The Bertz CT molecular complexity index is 270. The molecule has 1 saturated carbocycles. The highest BCUT2D eigenvalue weighted by atomic mass is 19.1. The van der Waals surface area contributed by atoms with Gasteiger partial charge in [0.1, 0.15) is 18.6 Å². The molecule has 5 N–H and O–H groups in total. The van der Waals surface area contributed by atoms with Crippen LogP contribution in [0.1, 0.15) is 12.8 Å². The van der Waals surface area contributed by atoms with Gasteiger partial charge in [0.25, 0.3) is 0 Å². The topological polar surface area (TPSA) is 102 Å². The monoisotopic (exact) mass is 217 g/mol. The molecule has 15 heavy (non-hydrogen) atoms. The molecule has 0 amide bonds. The maximum atomic E-state index is 11.9.